The maximum absolute atomic E-state index is 13.1. The molecule has 1 saturated heterocycles. The Balaban J connectivity index is 1.46. The molecule has 2 unspecified atom stereocenters. The predicted molar refractivity (Wildman–Crippen MR) is 96.7 cm³/mol. The lowest BCUT2D eigenvalue weighted by Crippen LogP contribution is -2.51. The third-order valence-corrected chi connectivity index (χ3v) is 9.69. The summed E-state index contributed by atoms with van der Waals surface area (Å²) in [4.78, 5) is 29.1. The van der Waals surface area contributed by atoms with Crippen LogP contribution >= 0.6 is 0 Å². The van der Waals surface area contributed by atoms with Gasteiger partial charge in [0.1, 0.15) is 11.4 Å². The van der Waals surface area contributed by atoms with E-state index < -0.39 is 27.0 Å². The Morgan fingerprint density at radius 3 is 2.44 bits per heavy atom. The largest absolute Gasteiger partial charge is 0.477 e. The van der Waals surface area contributed by atoms with Crippen LogP contribution in [-0.4, -0.2) is 59.7 Å². The molecule has 9 heteroatoms. The van der Waals surface area contributed by atoms with Gasteiger partial charge >= 0.3 is 5.97 Å². The Labute approximate surface area is 159 Å². The zero-order valence-corrected chi connectivity index (χ0v) is 16.5. The van der Waals surface area contributed by atoms with Crippen molar-refractivity contribution >= 4 is 27.5 Å². The minimum Gasteiger partial charge on any atom is -0.477 e. The highest BCUT2D eigenvalue weighted by molar-refractivity contribution is 7.89. The minimum atomic E-state index is -3.59. The second-order valence-corrected chi connectivity index (χ2v) is 11.1. The lowest BCUT2D eigenvalue weighted by molar-refractivity contribution is -0.129. The van der Waals surface area contributed by atoms with Crippen LogP contribution < -0.4 is 0 Å². The van der Waals surface area contributed by atoms with Gasteiger partial charge in [0.15, 0.2) is 5.71 Å². The van der Waals surface area contributed by atoms with E-state index in [1.165, 1.54) is 4.31 Å². The second-order valence-electron chi connectivity index (χ2n) is 9.12. The number of carbonyl (C=O) groups excluding carboxylic acids is 1. The highest BCUT2D eigenvalue weighted by Crippen LogP contribution is 2.64. The van der Waals surface area contributed by atoms with E-state index in [0.29, 0.717) is 25.7 Å². The first-order valence-corrected chi connectivity index (χ1v) is 11.1. The van der Waals surface area contributed by atoms with Gasteiger partial charge in [0.05, 0.1) is 5.75 Å². The van der Waals surface area contributed by atoms with E-state index in [4.69, 9.17) is 9.94 Å². The molecule has 0 aromatic carbocycles. The molecular weight excluding hydrogens is 372 g/mol. The van der Waals surface area contributed by atoms with Crippen molar-refractivity contribution in [3.8, 4) is 0 Å². The molecule has 150 valence electrons. The molecule has 2 heterocycles. The van der Waals surface area contributed by atoms with Gasteiger partial charge in [-0.2, -0.15) is 0 Å². The number of rotatable bonds is 4. The monoisotopic (exact) mass is 398 g/mol. The van der Waals surface area contributed by atoms with Crippen LogP contribution in [0.2, 0.25) is 0 Å². The molecule has 2 saturated carbocycles. The average Bonchev–Trinajstić information content (AvgIpc) is 3.15. The van der Waals surface area contributed by atoms with Crippen LogP contribution in [0.5, 0.6) is 0 Å². The number of oxime groups is 1. The Morgan fingerprint density at radius 1 is 1.30 bits per heavy atom. The summed E-state index contributed by atoms with van der Waals surface area (Å²) in [5.74, 6) is -0.839. The van der Waals surface area contributed by atoms with Gasteiger partial charge in [-0.05, 0) is 24.2 Å². The van der Waals surface area contributed by atoms with Gasteiger partial charge in [0.25, 0.3) is 0 Å². The summed E-state index contributed by atoms with van der Waals surface area (Å²) < 4.78 is 27.7. The number of hydrogen-bond acceptors (Lipinski definition) is 6. The molecule has 2 aliphatic heterocycles. The zero-order chi connectivity index (χ0) is 19.7. The number of sulfonamides is 1. The number of carboxylic acid groups (broad SMARTS) is 1. The summed E-state index contributed by atoms with van der Waals surface area (Å²) in [6.07, 6.45) is 3.07. The number of nitrogens with zero attached hydrogens (tertiary/aromatic N) is 2. The molecule has 0 radical (unpaired) electrons. The standard InChI is InChI=1S/C18H26N2O6S/c1-16(2)12-3-4-18(16,14(21)9-12)11-27(24,25)20-7-5-17(6-8-20)10-13(15(22)23)19-26-17/h12H,3-11H2,1-2H3,(H,22,23). The molecule has 2 bridgehead atoms. The number of fused-ring (bicyclic) bond motifs is 2. The highest BCUT2D eigenvalue weighted by Gasteiger charge is 2.65. The quantitative estimate of drug-likeness (QED) is 0.766. The molecule has 4 aliphatic rings. The van der Waals surface area contributed by atoms with Gasteiger partial charge in [-0.15, -0.1) is 0 Å². The summed E-state index contributed by atoms with van der Waals surface area (Å²) in [6, 6.07) is 0. The summed E-state index contributed by atoms with van der Waals surface area (Å²) in [7, 11) is -3.59. The maximum Gasteiger partial charge on any atom is 0.353 e. The first-order chi connectivity index (χ1) is 12.5. The van der Waals surface area contributed by atoms with Crippen LogP contribution in [0.25, 0.3) is 0 Å². The molecular formula is C18H26N2O6S. The van der Waals surface area contributed by atoms with Gasteiger partial charge < -0.3 is 9.94 Å². The van der Waals surface area contributed by atoms with Crippen molar-refractivity contribution in [3.05, 3.63) is 0 Å². The van der Waals surface area contributed by atoms with E-state index in [1.54, 1.807) is 0 Å². The van der Waals surface area contributed by atoms with Gasteiger partial charge in [-0.25, -0.2) is 17.5 Å². The molecule has 2 aliphatic carbocycles. The van der Waals surface area contributed by atoms with E-state index in [2.05, 4.69) is 5.16 Å². The van der Waals surface area contributed by atoms with Crippen LogP contribution in [0, 0.1) is 16.7 Å². The minimum absolute atomic E-state index is 0.0134. The summed E-state index contributed by atoms with van der Waals surface area (Å²) in [5.41, 5.74) is -1.78. The van der Waals surface area contributed by atoms with Crippen molar-refractivity contribution < 1.29 is 28.0 Å². The van der Waals surface area contributed by atoms with Gasteiger partial charge in [0, 0.05) is 44.2 Å². The van der Waals surface area contributed by atoms with Crippen molar-refractivity contribution in [2.24, 2.45) is 21.9 Å². The molecule has 1 N–H and O–H groups in total. The normalized spacial score (nSPS) is 34.7. The fourth-order valence-electron chi connectivity index (χ4n) is 5.59. The van der Waals surface area contributed by atoms with Crippen molar-refractivity contribution in [2.45, 2.75) is 58.0 Å². The van der Waals surface area contributed by atoms with Crippen LogP contribution in [0.3, 0.4) is 0 Å². The molecule has 3 fully saturated rings. The summed E-state index contributed by atoms with van der Waals surface area (Å²) >= 11 is 0. The number of aliphatic carboxylic acids is 1. The third-order valence-electron chi connectivity index (χ3n) is 7.68. The van der Waals surface area contributed by atoms with E-state index in [1.807, 2.05) is 13.8 Å². The van der Waals surface area contributed by atoms with Crippen LogP contribution in [0.4, 0.5) is 0 Å². The van der Waals surface area contributed by atoms with Crippen molar-refractivity contribution in [3.63, 3.8) is 0 Å². The molecule has 1 spiro atoms. The lowest BCUT2D eigenvalue weighted by Gasteiger charge is -2.40. The number of Topliss-reactive ketones (excluding diaryl/α,β-unsaturated/α-hetero) is 1. The molecule has 0 amide bonds. The number of carbonyl (C=O) groups is 2. The summed E-state index contributed by atoms with van der Waals surface area (Å²) in [6.45, 7) is 4.60. The van der Waals surface area contributed by atoms with Gasteiger partial charge in [0.2, 0.25) is 10.0 Å². The second kappa shape index (κ2) is 5.76. The van der Waals surface area contributed by atoms with Crippen LogP contribution in [0.15, 0.2) is 5.16 Å². The smallest absolute Gasteiger partial charge is 0.353 e. The Morgan fingerprint density at radius 2 is 1.96 bits per heavy atom. The molecule has 27 heavy (non-hydrogen) atoms. The SMILES string of the molecule is CC1(C)C2CCC1(CS(=O)(=O)N1CCC3(CC1)CC(C(=O)O)=NO3)C(=O)C2. The predicted octanol–water partition coefficient (Wildman–Crippen LogP) is 1.41. The van der Waals surface area contributed by atoms with Crippen molar-refractivity contribution in [2.75, 3.05) is 18.8 Å². The number of carboxylic acids is 1. The molecule has 0 aromatic rings. The number of hydrogen-bond donors (Lipinski definition) is 1. The molecule has 2 atom stereocenters. The van der Waals surface area contributed by atoms with Crippen LogP contribution in [-0.2, 0) is 24.4 Å². The lowest BCUT2D eigenvalue weighted by atomic mass is 9.70. The molecule has 4 rings (SSSR count). The molecule has 8 nitrogen and oxygen atoms in total. The fourth-order valence-corrected chi connectivity index (χ4v) is 7.81. The first-order valence-electron chi connectivity index (χ1n) is 9.51. The molecule has 0 aromatic heterocycles. The van der Waals surface area contributed by atoms with E-state index in [-0.39, 0.29) is 48.1 Å². The van der Waals surface area contributed by atoms with E-state index in [0.717, 1.165) is 6.42 Å². The zero-order valence-electron chi connectivity index (χ0n) is 15.7. The Bertz CT molecular complexity index is 825. The first kappa shape index (κ1) is 18.9. The topological polar surface area (TPSA) is 113 Å². The van der Waals surface area contributed by atoms with Crippen molar-refractivity contribution in [1.29, 1.82) is 0 Å². The van der Waals surface area contributed by atoms with Crippen LogP contribution in [0.1, 0.15) is 52.4 Å². The fraction of sp³-hybridized carbons (Fsp3) is 0.833. The Kier molecular flexibility index (Phi) is 4.03. The number of ketones is 1. The van der Waals surface area contributed by atoms with Gasteiger partial charge in [-0.1, -0.05) is 19.0 Å². The van der Waals surface area contributed by atoms with E-state index >= 15 is 0 Å². The maximum atomic E-state index is 13.1. The third kappa shape index (κ3) is 2.65. The number of piperidine rings is 1. The summed E-state index contributed by atoms with van der Waals surface area (Å²) in [5, 5.41) is 12.7. The van der Waals surface area contributed by atoms with Gasteiger partial charge in [-0.3, -0.25) is 4.79 Å². The highest BCUT2D eigenvalue weighted by atomic mass is 32.2. The van der Waals surface area contributed by atoms with E-state index in [9.17, 15) is 18.0 Å². The van der Waals surface area contributed by atoms with Crippen molar-refractivity contribution in [1.82, 2.24) is 4.31 Å². The average molecular weight is 398 g/mol. The Hall–Kier alpha value is -1.48.